The van der Waals surface area contributed by atoms with Crippen molar-refractivity contribution >= 4 is 11.8 Å². The number of amides is 2. The van der Waals surface area contributed by atoms with Gasteiger partial charge in [-0.3, -0.25) is 14.5 Å². The fourth-order valence-electron chi connectivity index (χ4n) is 3.19. The second-order valence-electron chi connectivity index (χ2n) is 7.02. The highest BCUT2D eigenvalue weighted by molar-refractivity contribution is 5.78. The summed E-state index contributed by atoms with van der Waals surface area (Å²) in [5, 5.41) is 2.91. The summed E-state index contributed by atoms with van der Waals surface area (Å²) in [7, 11) is 0. The molecule has 1 fully saturated rings. The molecule has 6 nitrogen and oxygen atoms in total. The van der Waals surface area contributed by atoms with Crippen molar-refractivity contribution in [2.45, 2.75) is 52.3 Å². The third kappa shape index (κ3) is 9.95. The Morgan fingerprint density at radius 1 is 1.04 bits per heavy atom. The van der Waals surface area contributed by atoms with Crippen molar-refractivity contribution in [3.8, 4) is 0 Å². The van der Waals surface area contributed by atoms with Gasteiger partial charge in [0.2, 0.25) is 11.8 Å². The summed E-state index contributed by atoms with van der Waals surface area (Å²) in [6.07, 6.45) is -3.81. The average Bonchev–Trinajstić information content (AvgIpc) is 2.60. The van der Waals surface area contributed by atoms with Crippen LogP contribution in [-0.4, -0.2) is 91.1 Å². The van der Waals surface area contributed by atoms with Crippen molar-refractivity contribution < 1.29 is 22.8 Å². The molecule has 27 heavy (non-hydrogen) atoms. The zero-order chi connectivity index (χ0) is 20.4. The lowest BCUT2D eigenvalue weighted by molar-refractivity contribution is -0.140. The van der Waals surface area contributed by atoms with E-state index in [1.807, 2.05) is 13.8 Å². The van der Waals surface area contributed by atoms with E-state index in [2.05, 4.69) is 10.2 Å². The van der Waals surface area contributed by atoms with Gasteiger partial charge in [-0.2, -0.15) is 13.2 Å². The molecule has 0 aromatic carbocycles. The Kier molecular flexibility index (Phi) is 10.1. The van der Waals surface area contributed by atoms with Crippen molar-refractivity contribution in [2.75, 3.05) is 52.4 Å². The SMILES string of the molecule is CCN(CC)CCN(CCC(F)(F)F)CC(=O)NC1CCN(C(C)=O)CC1. The summed E-state index contributed by atoms with van der Waals surface area (Å²) in [5.74, 6) is -0.229. The van der Waals surface area contributed by atoms with Crippen LogP contribution in [0.4, 0.5) is 13.2 Å². The quantitative estimate of drug-likeness (QED) is 0.613. The molecular weight excluding hydrogens is 361 g/mol. The van der Waals surface area contributed by atoms with Gasteiger partial charge in [-0.05, 0) is 25.9 Å². The molecule has 1 rings (SSSR count). The fraction of sp³-hybridized carbons (Fsp3) is 0.889. The van der Waals surface area contributed by atoms with E-state index >= 15 is 0 Å². The predicted molar refractivity (Wildman–Crippen MR) is 98.3 cm³/mol. The van der Waals surface area contributed by atoms with Gasteiger partial charge in [0.1, 0.15) is 0 Å². The molecule has 1 aliphatic heterocycles. The zero-order valence-corrected chi connectivity index (χ0v) is 16.6. The first-order valence-corrected chi connectivity index (χ1v) is 9.71. The first kappa shape index (κ1) is 23.7. The summed E-state index contributed by atoms with van der Waals surface area (Å²) in [5.41, 5.74) is 0. The Bertz CT molecular complexity index is 462. The average molecular weight is 394 g/mol. The predicted octanol–water partition coefficient (Wildman–Crippen LogP) is 1.71. The van der Waals surface area contributed by atoms with Crippen molar-refractivity contribution in [2.24, 2.45) is 0 Å². The molecule has 0 unspecified atom stereocenters. The third-order valence-corrected chi connectivity index (χ3v) is 5.01. The van der Waals surface area contributed by atoms with Crippen LogP contribution in [0, 0.1) is 0 Å². The second kappa shape index (κ2) is 11.5. The van der Waals surface area contributed by atoms with Crippen LogP contribution in [0.1, 0.15) is 40.0 Å². The summed E-state index contributed by atoms with van der Waals surface area (Å²) < 4.78 is 37.8. The molecule has 0 radical (unpaired) electrons. The Balaban J connectivity index is 2.49. The summed E-state index contributed by atoms with van der Waals surface area (Å²) in [6.45, 7) is 9.21. The number of piperidine rings is 1. The number of nitrogens with zero attached hydrogens (tertiary/aromatic N) is 3. The van der Waals surface area contributed by atoms with Crippen molar-refractivity contribution in [1.82, 2.24) is 20.0 Å². The smallest absolute Gasteiger partial charge is 0.352 e. The number of alkyl halides is 3. The maximum atomic E-state index is 12.6. The summed E-state index contributed by atoms with van der Waals surface area (Å²) in [4.78, 5) is 29.1. The van der Waals surface area contributed by atoms with Crippen LogP contribution in [0.15, 0.2) is 0 Å². The van der Waals surface area contributed by atoms with E-state index < -0.39 is 12.6 Å². The van der Waals surface area contributed by atoms with E-state index in [-0.39, 0.29) is 30.9 Å². The Labute approximate surface area is 160 Å². The molecule has 0 aromatic rings. The standard InChI is InChI=1S/C18H33F3N4O2/c1-4-23(5-2)12-13-24(11-8-18(19,20)21)14-17(27)22-16-6-9-25(10-7-16)15(3)26/h16H,4-14H2,1-3H3,(H,22,27). The topological polar surface area (TPSA) is 55.9 Å². The van der Waals surface area contributed by atoms with Gasteiger partial charge in [-0.15, -0.1) is 0 Å². The number of carbonyl (C=O) groups is 2. The van der Waals surface area contributed by atoms with Gasteiger partial charge in [-0.1, -0.05) is 13.8 Å². The second-order valence-corrected chi connectivity index (χ2v) is 7.02. The van der Waals surface area contributed by atoms with Crippen LogP contribution >= 0.6 is 0 Å². The summed E-state index contributed by atoms with van der Waals surface area (Å²) in [6, 6.07) is -0.0275. The number of hydrogen-bond acceptors (Lipinski definition) is 4. The minimum atomic E-state index is -4.23. The van der Waals surface area contributed by atoms with E-state index in [1.165, 1.54) is 6.92 Å². The first-order chi connectivity index (χ1) is 12.6. The monoisotopic (exact) mass is 394 g/mol. The maximum Gasteiger partial charge on any atom is 0.390 e. The van der Waals surface area contributed by atoms with E-state index in [9.17, 15) is 22.8 Å². The van der Waals surface area contributed by atoms with Crippen molar-refractivity contribution in [3.05, 3.63) is 0 Å². The largest absolute Gasteiger partial charge is 0.390 e. The van der Waals surface area contributed by atoms with Crippen molar-refractivity contribution in [1.29, 1.82) is 0 Å². The Morgan fingerprint density at radius 3 is 2.07 bits per heavy atom. The molecule has 1 aliphatic rings. The minimum Gasteiger partial charge on any atom is -0.352 e. The van der Waals surface area contributed by atoms with Gasteiger partial charge < -0.3 is 15.1 Å². The summed E-state index contributed by atoms with van der Waals surface area (Å²) >= 11 is 0. The van der Waals surface area contributed by atoms with Crippen LogP contribution < -0.4 is 5.32 Å². The van der Waals surface area contributed by atoms with Gasteiger partial charge >= 0.3 is 6.18 Å². The van der Waals surface area contributed by atoms with Crippen LogP contribution in [-0.2, 0) is 9.59 Å². The molecule has 0 aliphatic carbocycles. The zero-order valence-electron chi connectivity index (χ0n) is 16.6. The van der Waals surface area contributed by atoms with Gasteiger partial charge in [0.05, 0.1) is 13.0 Å². The molecule has 1 heterocycles. The van der Waals surface area contributed by atoms with Gasteiger partial charge in [0, 0.05) is 45.7 Å². The van der Waals surface area contributed by atoms with Crippen molar-refractivity contribution in [3.63, 3.8) is 0 Å². The molecule has 0 saturated carbocycles. The van der Waals surface area contributed by atoms with Crippen LogP contribution in [0.3, 0.4) is 0 Å². The lowest BCUT2D eigenvalue weighted by Crippen LogP contribution is -2.49. The molecule has 158 valence electrons. The Hall–Kier alpha value is -1.35. The molecule has 1 N–H and O–H groups in total. The third-order valence-electron chi connectivity index (χ3n) is 5.01. The molecule has 0 atom stereocenters. The molecule has 0 aromatic heterocycles. The molecule has 2 amide bonds. The van der Waals surface area contributed by atoms with Crippen LogP contribution in [0.5, 0.6) is 0 Å². The number of hydrogen-bond donors (Lipinski definition) is 1. The minimum absolute atomic E-state index is 0.0227. The van der Waals surface area contributed by atoms with Crippen LogP contribution in [0.2, 0.25) is 0 Å². The number of halogens is 3. The molecular formula is C18H33F3N4O2. The number of nitrogens with one attached hydrogen (secondary N) is 1. The van der Waals surface area contributed by atoms with E-state index in [0.29, 0.717) is 39.0 Å². The Morgan fingerprint density at radius 2 is 1.59 bits per heavy atom. The van der Waals surface area contributed by atoms with Gasteiger partial charge in [0.25, 0.3) is 0 Å². The van der Waals surface area contributed by atoms with Crippen LogP contribution in [0.25, 0.3) is 0 Å². The number of likely N-dealkylation sites (N-methyl/N-ethyl adjacent to an activating group) is 1. The fourth-order valence-corrected chi connectivity index (χ4v) is 3.19. The molecule has 0 spiro atoms. The normalized spacial score (nSPS) is 16.2. The highest BCUT2D eigenvalue weighted by Gasteiger charge is 2.29. The number of carbonyl (C=O) groups excluding carboxylic acids is 2. The molecule has 0 bridgehead atoms. The lowest BCUT2D eigenvalue weighted by atomic mass is 10.1. The lowest BCUT2D eigenvalue weighted by Gasteiger charge is -2.32. The number of likely N-dealkylation sites (tertiary alicyclic amines) is 1. The van der Waals surface area contributed by atoms with E-state index in [0.717, 1.165) is 13.1 Å². The van der Waals surface area contributed by atoms with E-state index in [4.69, 9.17) is 0 Å². The van der Waals surface area contributed by atoms with Gasteiger partial charge in [-0.25, -0.2) is 0 Å². The highest BCUT2D eigenvalue weighted by atomic mass is 19.4. The highest BCUT2D eigenvalue weighted by Crippen LogP contribution is 2.19. The number of rotatable bonds is 10. The molecule has 9 heteroatoms. The van der Waals surface area contributed by atoms with Gasteiger partial charge in [0.15, 0.2) is 0 Å². The maximum absolute atomic E-state index is 12.6. The van der Waals surface area contributed by atoms with E-state index in [1.54, 1.807) is 9.80 Å². The molecule has 1 saturated heterocycles. The first-order valence-electron chi connectivity index (χ1n) is 9.71.